The number of hydrogen-bond donors (Lipinski definition) is 2. The summed E-state index contributed by atoms with van der Waals surface area (Å²) in [7, 11) is 3.52. The van der Waals surface area contributed by atoms with Gasteiger partial charge < -0.3 is 20.1 Å². The van der Waals surface area contributed by atoms with Gasteiger partial charge in [-0.2, -0.15) is 13.2 Å². The van der Waals surface area contributed by atoms with Crippen molar-refractivity contribution in [3.63, 3.8) is 0 Å². The predicted octanol–water partition coefficient (Wildman–Crippen LogP) is 1.78. The predicted molar refractivity (Wildman–Crippen MR) is 95.0 cm³/mol. The van der Waals surface area contributed by atoms with E-state index in [1.165, 1.54) is 0 Å². The third-order valence-electron chi connectivity index (χ3n) is 4.41. The standard InChI is InChI=1S/C14H22N4O2S.C2HF3O2/c1-17(2)14(19)16-10-8-18(9-12-15-5-7-21-12)11-4-3-6-20-13(10)11;3-2(4,5)1(6)7/h5,7,10-11,13H,3-4,6,8-9H2,1-2H3,(H,16,19);(H,6,7)/t10-,11+,13+;/m0./s1. The van der Waals surface area contributed by atoms with Crippen molar-refractivity contribution in [2.24, 2.45) is 0 Å². The van der Waals surface area contributed by atoms with Gasteiger partial charge in [-0.05, 0) is 12.8 Å². The number of aliphatic carboxylic acids is 1. The van der Waals surface area contributed by atoms with Crippen molar-refractivity contribution >= 4 is 23.3 Å². The van der Waals surface area contributed by atoms with E-state index in [9.17, 15) is 18.0 Å². The van der Waals surface area contributed by atoms with Gasteiger partial charge in [0.2, 0.25) is 0 Å². The molecule has 0 saturated carbocycles. The van der Waals surface area contributed by atoms with Crippen molar-refractivity contribution in [2.75, 3.05) is 27.2 Å². The quantitative estimate of drug-likeness (QED) is 0.768. The van der Waals surface area contributed by atoms with Gasteiger partial charge in [0.05, 0.1) is 18.7 Å². The number of carbonyl (C=O) groups excluding carboxylic acids is 1. The summed E-state index contributed by atoms with van der Waals surface area (Å²) in [6.45, 7) is 2.46. The van der Waals surface area contributed by atoms with Gasteiger partial charge in [-0.3, -0.25) is 4.90 Å². The minimum Gasteiger partial charge on any atom is -0.475 e. The van der Waals surface area contributed by atoms with E-state index in [0.717, 1.165) is 37.5 Å². The van der Waals surface area contributed by atoms with Gasteiger partial charge in [0, 0.05) is 44.9 Å². The van der Waals surface area contributed by atoms with Crippen molar-refractivity contribution in [2.45, 2.75) is 43.8 Å². The van der Waals surface area contributed by atoms with Gasteiger partial charge in [0.1, 0.15) is 5.01 Å². The maximum absolute atomic E-state index is 11.9. The van der Waals surface area contributed by atoms with Crippen LogP contribution in [0.1, 0.15) is 17.8 Å². The lowest BCUT2D eigenvalue weighted by Crippen LogP contribution is -2.50. The highest BCUT2D eigenvalue weighted by Crippen LogP contribution is 2.30. The topological polar surface area (TPSA) is 95.0 Å². The van der Waals surface area contributed by atoms with E-state index < -0.39 is 12.1 Å². The Balaban J connectivity index is 0.000000345. The van der Waals surface area contributed by atoms with Crippen LogP contribution in [-0.2, 0) is 16.1 Å². The van der Waals surface area contributed by atoms with Crippen LogP contribution in [0.2, 0.25) is 0 Å². The Bertz CT molecular complexity index is 657. The van der Waals surface area contributed by atoms with Crippen LogP contribution in [0.3, 0.4) is 0 Å². The molecule has 3 rings (SSSR count). The highest BCUT2D eigenvalue weighted by molar-refractivity contribution is 7.09. The van der Waals surface area contributed by atoms with Crippen LogP contribution < -0.4 is 5.32 Å². The molecule has 2 N–H and O–H groups in total. The molecule has 2 fully saturated rings. The number of nitrogens with one attached hydrogen (secondary N) is 1. The number of fused-ring (bicyclic) bond motifs is 1. The van der Waals surface area contributed by atoms with E-state index in [1.807, 2.05) is 11.6 Å². The number of likely N-dealkylation sites (tertiary alicyclic amines) is 1. The molecule has 1 aromatic rings. The molecule has 0 radical (unpaired) electrons. The first-order valence-electron chi connectivity index (χ1n) is 8.61. The maximum atomic E-state index is 11.9. The average Bonchev–Trinajstić information content (AvgIpc) is 3.24. The lowest BCUT2D eigenvalue weighted by atomic mass is 10.0. The summed E-state index contributed by atoms with van der Waals surface area (Å²) in [6.07, 6.45) is -0.924. The van der Waals surface area contributed by atoms with Crippen LogP contribution in [-0.4, -0.2) is 83.5 Å². The average molecular weight is 424 g/mol. The molecule has 0 aromatic carbocycles. The number of aromatic nitrogens is 1. The summed E-state index contributed by atoms with van der Waals surface area (Å²) in [4.78, 5) is 29.2. The summed E-state index contributed by atoms with van der Waals surface area (Å²) < 4.78 is 37.7. The van der Waals surface area contributed by atoms with Gasteiger partial charge in [0.25, 0.3) is 0 Å². The number of rotatable bonds is 3. The maximum Gasteiger partial charge on any atom is 0.490 e. The van der Waals surface area contributed by atoms with Gasteiger partial charge in [-0.25, -0.2) is 14.6 Å². The Kier molecular flexibility index (Phi) is 7.61. The van der Waals surface area contributed by atoms with Crippen molar-refractivity contribution < 1.29 is 32.6 Å². The second kappa shape index (κ2) is 9.52. The van der Waals surface area contributed by atoms with Crippen molar-refractivity contribution in [3.8, 4) is 0 Å². The lowest BCUT2D eigenvalue weighted by molar-refractivity contribution is -0.192. The highest BCUT2D eigenvalue weighted by atomic mass is 32.1. The zero-order valence-corrected chi connectivity index (χ0v) is 16.3. The van der Waals surface area contributed by atoms with Crippen molar-refractivity contribution in [3.05, 3.63) is 16.6 Å². The molecule has 3 atom stereocenters. The van der Waals surface area contributed by atoms with E-state index >= 15 is 0 Å². The Morgan fingerprint density at radius 1 is 1.46 bits per heavy atom. The van der Waals surface area contributed by atoms with Gasteiger partial charge in [-0.1, -0.05) is 0 Å². The summed E-state index contributed by atoms with van der Waals surface area (Å²) in [5.41, 5.74) is 0. The van der Waals surface area contributed by atoms with E-state index in [1.54, 1.807) is 30.3 Å². The minimum atomic E-state index is -5.08. The molecule has 8 nitrogen and oxygen atoms in total. The molecule has 2 amide bonds. The Hall–Kier alpha value is -1.92. The van der Waals surface area contributed by atoms with E-state index in [2.05, 4.69) is 15.2 Å². The second-order valence-corrected chi connectivity index (χ2v) is 7.63. The summed E-state index contributed by atoms with van der Waals surface area (Å²) in [6, 6.07) is 0.393. The van der Waals surface area contributed by atoms with Crippen LogP contribution in [0.4, 0.5) is 18.0 Å². The van der Waals surface area contributed by atoms with Crippen LogP contribution in [0.25, 0.3) is 0 Å². The summed E-state index contributed by atoms with van der Waals surface area (Å²) in [5, 5.41) is 13.3. The molecule has 2 saturated heterocycles. The molecule has 1 aromatic heterocycles. The molecule has 158 valence electrons. The SMILES string of the molecule is CN(C)C(=O)N[C@H]1CN(Cc2nccs2)[C@@H]2CCCO[C@H]12.O=C(O)C(F)(F)F. The van der Waals surface area contributed by atoms with Crippen LogP contribution >= 0.6 is 11.3 Å². The lowest BCUT2D eigenvalue weighted by Gasteiger charge is -2.32. The Morgan fingerprint density at radius 2 is 2.14 bits per heavy atom. The number of hydrogen-bond acceptors (Lipinski definition) is 6. The van der Waals surface area contributed by atoms with Gasteiger partial charge in [-0.15, -0.1) is 11.3 Å². The molecule has 0 spiro atoms. The first kappa shape index (κ1) is 22.4. The first-order chi connectivity index (χ1) is 13.1. The third kappa shape index (κ3) is 6.04. The van der Waals surface area contributed by atoms with Crippen LogP contribution in [0.15, 0.2) is 11.6 Å². The number of amides is 2. The van der Waals surface area contributed by atoms with Crippen LogP contribution in [0, 0.1) is 0 Å². The van der Waals surface area contributed by atoms with Gasteiger partial charge in [0.15, 0.2) is 0 Å². The molecule has 28 heavy (non-hydrogen) atoms. The van der Waals surface area contributed by atoms with Crippen molar-refractivity contribution in [1.82, 2.24) is 20.1 Å². The summed E-state index contributed by atoms with van der Waals surface area (Å²) in [5.74, 6) is -2.76. The number of carboxylic acids is 1. The number of ether oxygens (including phenoxy) is 1. The number of urea groups is 1. The second-order valence-electron chi connectivity index (χ2n) is 6.65. The van der Waals surface area contributed by atoms with E-state index in [4.69, 9.17) is 14.6 Å². The molecule has 0 bridgehead atoms. The zero-order valence-electron chi connectivity index (χ0n) is 15.5. The molecule has 12 heteroatoms. The van der Waals surface area contributed by atoms with Crippen LogP contribution in [0.5, 0.6) is 0 Å². The Morgan fingerprint density at radius 3 is 2.68 bits per heavy atom. The molecule has 0 aliphatic carbocycles. The van der Waals surface area contributed by atoms with E-state index in [-0.39, 0.29) is 18.2 Å². The number of carbonyl (C=O) groups is 2. The van der Waals surface area contributed by atoms with Crippen molar-refractivity contribution in [1.29, 1.82) is 0 Å². The molecule has 3 heterocycles. The first-order valence-corrected chi connectivity index (χ1v) is 9.49. The number of thiazole rings is 1. The fourth-order valence-corrected chi connectivity index (χ4v) is 3.80. The monoisotopic (exact) mass is 424 g/mol. The Labute approximate surface area is 164 Å². The molecule has 0 unspecified atom stereocenters. The highest BCUT2D eigenvalue weighted by Gasteiger charge is 2.44. The fraction of sp³-hybridized carbons (Fsp3) is 0.688. The zero-order chi connectivity index (χ0) is 20.9. The summed E-state index contributed by atoms with van der Waals surface area (Å²) >= 11 is 1.68. The smallest absolute Gasteiger partial charge is 0.475 e. The van der Waals surface area contributed by atoms with E-state index in [0.29, 0.717) is 6.04 Å². The molecular weight excluding hydrogens is 401 g/mol. The number of alkyl halides is 3. The van der Waals surface area contributed by atoms with Gasteiger partial charge >= 0.3 is 18.2 Å². The molecular formula is C16H23F3N4O4S. The molecule has 2 aliphatic heterocycles. The minimum absolute atomic E-state index is 0.0518. The molecule has 2 aliphatic rings. The fourth-order valence-electron chi connectivity index (χ4n) is 3.16. The number of nitrogens with zero attached hydrogens (tertiary/aromatic N) is 3. The number of halogens is 3. The third-order valence-corrected chi connectivity index (χ3v) is 5.17. The normalized spacial score (nSPS) is 24.7. The number of carboxylic acid groups (broad SMARTS) is 1. The largest absolute Gasteiger partial charge is 0.490 e.